The molecule has 1 amide bonds. The number of aromatic nitrogens is 2. The van der Waals surface area contributed by atoms with Crippen LogP contribution in [0.3, 0.4) is 0 Å². The van der Waals surface area contributed by atoms with E-state index in [2.05, 4.69) is 10.4 Å². The topological polar surface area (TPSA) is 84.2 Å². The molecule has 0 saturated carbocycles. The van der Waals surface area contributed by atoms with Crippen molar-refractivity contribution in [2.24, 2.45) is 7.05 Å². The number of hydrogen-bond donors (Lipinski definition) is 2. The van der Waals surface area contributed by atoms with Crippen molar-refractivity contribution >= 4 is 23.5 Å². The van der Waals surface area contributed by atoms with Gasteiger partial charge in [0.05, 0.1) is 6.20 Å². The van der Waals surface area contributed by atoms with E-state index in [-0.39, 0.29) is 0 Å². The number of nitrogens with zero attached hydrogens (tertiary/aromatic N) is 2. The first-order chi connectivity index (χ1) is 9.88. The van der Waals surface area contributed by atoms with Crippen molar-refractivity contribution in [3.8, 4) is 0 Å². The number of hydrogen-bond acceptors (Lipinski definition) is 3. The lowest BCUT2D eigenvalue weighted by Crippen LogP contribution is -2.33. The highest BCUT2D eigenvalue weighted by Crippen LogP contribution is 2.18. The number of carbonyl (C=O) groups is 2. The fourth-order valence-electron chi connectivity index (χ4n) is 1.88. The summed E-state index contributed by atoms with van der Waals surface area (Å²) >= 11 is 5.90. The molecular formula is C14H14ClN3O3. The number of halogens is 1. The molecular weight excluding hydrogens is 294 g/mol. The summed E-state index contributed by atoms with van der Waals surface area (Å²) in [5, 5.41) is 16.2. The van der Waals surface area contributed by atoms with Crippen molar-refractivity contribution in [1.29, 1.82) is 0 Å². The number of aliphatic carboxylic acids is 1. The smallest absolute Gasteiger partial charge is 0.331 e. The van der Waals surface area contributed by atoms with E-state index in [0.717, 1.165) is 5.56 Å². The van der Waals surface area contributed by atoms with E-state index in [1.807, 2.05) is 0 Å². The summed E-state index contributed by atoms with van der Waals surface area (Å²) < 4.78 is 1.48. The molecule has 0 aliphatic carbocycles. The van der Waals surface area contributed by atoms with Crippen molar-refractivity contribution in [3.05, 3.63) is 52.3 Å². The third kappa shape index (κ3) is 3.41. The zero-order valence-electron chi connectivity index (χ0n) is 11.5. The molecule has 1 unspecified atom stereocenters. The predicted molar refractivity (Wildman–Crippen MR) is 77.2 cm³/mol. The Kier molecular flexibility index (Phi) is 4.28. The number of carboxylic acid groups (broad SMARTS) is 1. The minimum absolute atomic E-state index is 0.354. The second-order valence-corrected chi connectivity index (χ2v) is 5.06. The molecule has 2 aromatic rings. The van der Waals surface area contributed by atoms with Crippen LogP contribution in [0.15, 0.2) is 30.6 Å². The molecule has 1 heterocycles. The van der Waals surface area contributed by atoms with E-state index in [1.54, 1.807) is 38.4 Å². The molecule has 2 N–H and O–H groups in total. The van der Waals surface area contributed by atoms with Gasteiger partial charge in [-0.05, 0) is 30.7 Å². The Hall–Kier alpha value is -2.34. The van der Waals surface area contributed by atoms with Gasteiger partial charge in [0.1, 0.15) is 0 Å². The first-order valence-electron chi connectivity index (χ1n) is 6.17. The number of carboxylic acids is 1. The number of nitrogens with one attached hydrogen (secondary N) is 1. The van der Waals surface area contributed by atoms with Gasteiger partial charge < -0.3 is 10.4 Å². The summed E-state index contributed by atoms with van der Waals surface area (Å²) in [5.74, 6) is -1.63. The van der Waals surface area contributed by atoms with E-state index in [4.69, 9.17) is 11.6 Å². The Morgan fingerprint density at radius 1 is 1.43 bits per heavy atom. The Balaban J connectivity index is 2.22. The zero-order chi connectivity index (χ0) is 15.6. The Labute approximate surface area is 126 Å². The van der Waals surface area contributed by atoms with E-state index in [9.17, 15) is 14.7 Å². The first-order valence-corrected chi connectivity index (χ1v) is 6.54. The average Bonchev–Trinajstić information content (AvgIpc) is 2.84. The van der Waals surface area contributed by atoms with Gasteiger partial charge in [0.15, 0.2) is 6.04 Å². The van der Waals surface area contributed by atoms with E-state index >= 15 is 0 Å². The summed E-state index contributed by atoms with van der Waals surface area (Å²) in [6.07, 6.45) is 2.96. The van der Waals surface area contributed by atoms with Crippen LogP contribution in [0.25, 0.3) is 0 Å². The molecule has 7 heteroatoms. The fourth-order valence-corrected chi connectivity index (χ4v) is 1.99. The molecule has 110 valence electrons. The number of aryl methyl sites for hydroxylation is 2. The molecule has 1 aromatic carbocycles. The van der Waals surface area contributed by atoms with Gasteiger partial charge in [0.25, 0.3) is 5.91 Å². The van der Waals surface area contributed by atoms with Gasteiger partial charge in [0.2, 0.25) is 0 Å². The highest BCUT2D eigenvalue weighted by Gasteiger charge is 2.24. The number of benzene rings is 1. The molecule has 0 radical (unpaired) electrons. The average molecular weight is 308 g/mol. The van der Waals surface area contributed by atoms with Gasteiger partial charge in [-0.3, -0.25) is 9.48 Å². The maximum Gasteiger partial charge on any atom is 0.331 e. The third-order valence-electron chi connectivity index (χ3n) is 3.00. The van der Waals surface area contributed by atoms with E-state index in [0.29, 0.717) is 16.1 Å². The third-order valence-corrected chi connectivity index (χ3v) is 3.42. The van der Waals surface area contributed by atoms with Crippen LogP contribution in [0.2, 0.25) is 5.02 Å². The van der Waals surface area contributed by atoms with E-state index < -0.39 is 17.9 Å². The standard InChI is InChI=1S/C14H14ClN3O3/c1-8-5-9(3-4-11(8)15)13(19)17-12(14(20)21)10-6-16-18(2)7-10/h3-7,12H,1-2H3,(H,17,19)(H,20,21). The minimum atomic E-state index is -1.15. The lowest BCUT2D eigenvalue weighted by atomic mass is 10.1. The maximum absolute atomic E-state index is 12.2. The van der Waals surface area contributed by atoms with Crippen LogP contribution < -0.4 is 5.32 Å². The molecule has 0 aliphatic heterocycles. The van der Waals surface area contributed by atoms with Crippen molar-refractivity contribution in [2.75, 3.05) is 0 Å². The maximum atomic E-state index is 12.2. The summed E-state index contributed by atoms with van der Waals surface area (Å²) in [5.41, 5.74) is 1.51. The highest BCUT2D eigenvalue weighted by molar-refractivity contribution is 6.31. The molecule has 0 aliphatic rings. The van der Waals surface area contributed by atoms with Crippen LogP contribution in [0.1, 0.15) is 27.5 Å². The lowest BCUT2D eigenvalue weighted by Gasteiger charge is -2.13. The quantitative estimate of drug-likeness (QED) is 0.904. The molecule has 0 saturated heterocycles. The molecule has 0 fully saturated rings. The van der Waals surface area contributed by atoms with Gasteiger partial charge in [-0.2, -0.15) is 5.10 Å². The Bertz CT molecular complexity index is 697. The van der Waals surface area contributed by atoms with Crippen molar-refractivity contribution < 1.29 is 14.7 Å². The zero-order valence-corrected chi connectivity index (χ0v) is 12.3. The predicted octanol–water partition coefficient (Wildman–Crippen LogP) is 1.94. The first kappa shape index (κ1) is 15.1. The summed E-state index contributed by atoms with van der Waals surface area (Å²) in [7, 11) is 1.67. The second-order valence-electron chi connectivity index (χ2n) is 4.66. The normalized spacial score (nSPS) is 12.0. The molecule has 0 bridgehead atoms. The van der Waals surface area contributed by atoms with Crippen molar-refractivity contribution in [1.82, 2.24) is 15.1 Å². The molecule has 21 heavy (non-hydrogen) atoms. The molecule has 1 aromatic heterocycles. The minimum Gasteiger partial charge on any atom is -0.479 e. The fraction of sp³-hybridized carbons (Fsp3) is 0.214. The highest BCUT2D eigenvalue weighted by atomic mass is 35.5. The lowest BCUT2D eigenvalue weighted by molar-refractivity contribution is -0.139. The van der Waals surface area contributed by atoms with Gasteiger partial charge in [-0.15, -0.1) is 0 Å². The number of amides is 1. The van der Waals surface area contributed by atoms with E-state index in [1.165, 1.54) is 10.9 Å². The van der Waals surface area contributed by atoms with Gasteiger partial charge in [-0.25, -0.2) is 4.79 Å². The Morgan fingerprint density at radius 3 is 2.67 bits per heavy atom. The van der Waals surface area contributed by atoms with Crippen molar-refractivity contribution in [3.63, 3.8) is 0 Å². The molecule has 6 nitrogen and oxygen atoms in total. The SMILES string of the molecule is Cc1cc(C(=O)NC(C(=O)O)c2cnn(C)c2)ccc1Cl. The number of carbonyl (C=O) groups excluding carboxylic acids is 1. The number of rotatable bonds is 4. The summed E-state index contributed by atoms with van der Waals surface area (Å²) in [6.45, 7) is 1.77. The van der Waals surface area contributed by atoms with Gasteiger partial charge in [0, 0.05) is 29.4 Å². The van der Waals surface area contributed by atoms with Crippen LogP contribution in [0, 0.1) is 6.92 Å². The van der Waals surface area contributed by atoms with Crippen LogP contribution in [-0.4, -0.2) is 26.8 Å². The largest absolute Gasteiger partial charge is 0.479 e. The van der Waals surface area contributed by atoms with Gasteiger partial charge >= 0.3 is 5.97 Å². The molecule has 0 spiro atoms. The van der Waals surface area contributed by atoms with Crippen LogP contribution in [0.4, 0.5) is 0 Å². The second kappa shape index (κ2) is 5.97. The monoisotopic (exact) mass is 307 g/mol. The van der Waals surface area contributed by atoms with Gasteiger partial charge in [-0.1, -0.05) is 11.6 Å². The Morgan fingerprint density at radius 2 is 2.14 bits per heavy atom. The summed E-state index contributed by atoms with van der Waals surface area (Å²) in [4.78, 5) is 23.5. The summed E-state index contributed by atoms with van der Waals surface area (Å²) in [6, 6.07) is 3.61. The van der Waals surface area contributed by atoms with Crippen LogP contribution in [0.5, 0.6) is 0 Å². The van der Waals surface area contributed by atoms with Crippen molar-refractivity contribution in [2.45, 2.75) is 13.0 Å². The molecule has 1 atom stereocenters. The van der Waals surface area contributed by atoms with Crippen LogP contribution >= 0.6 is 11.6 Å². The molecule has 2 rings (SSSR count). The van der Waals surface area contributed by atoms with Crippen LogP contribution in [-0.2, 0) is 11.8 Å².